The summed E-state index contributed by atoms with van der Waals surface area (Å²) in [4.78, 5) is 22.9. The maximum absolute atomic E-state index is 13.3. The zero-order valence-electron chi connectivity index (χ0n) is 12.8. The number of para-hydroxylation sites is 1. The molecule has 5 heteroatoms. The Morgan fingerprint density at radius 1 is 1.14 bits per heavy atom. The molecule has 0 aliphatic rings. The lowest BCUT2D eigenvalue weighted by atomic mass is 10.2. The van der Waals surface area contributed by atoms with E-state index in [9.17, 15) is 14.0 Å². The third-order valence-corrected chi connectivity index (χ3v) is 2.99. The van der Waals surface area contributed by atoms with E-state index in [1.807, 2.05) is 0 Å². The SMILES string of the molecule is CCCCCCCOC(=O)/C=C/C(=O)Nc1ccccc1F. The van der Waals surface area contributed by atoms with Crippen molar-refractivity contribution in [1.82, 2.24) is 0 Å². The molecule has 0 saturated carbocycles. The molecule has 0 aromatic heterocycles. The summed E-state index contributed by atoms with van der Waals surface area (Å²) in [5, 5.41) is 2.35. The summed E-state index contributed by atoms with van der Waals surface area (Å²) < 4.78 is 18.3. The van der Waals surface area contributed by atoms with Gasteiger partial charge < -0.3 is 10.1 Å². The van der Waals surface area contributed by atoms with Gasteiger partial charge in [-0.15, -0.1) is 0 Å². The monoisotopic (exact) mass is 307 g/mol. The number of unbranched alkanes of at least 4 members (excludes halogenated alkanes) is 4. The molecule has 22 heavy (non-hydrogen) atoms. The van der Waals surface area contributed by atoms with Crippen LogP contribution in [0.3, 0.4) is 0 Å². The molecule has 1 N–H and O–H groups in total. The molecule has 0 heterocycles. The first kappa shape index (κ1) is 17.9. The van der Waals surface area contributed by atoms with Crippen LogP contribution in [0.15, 0.2) is 36.4 Å². The predicted molar refractivity (Wildman–Crippen MR) is 83.9 cm³/mol. The van der Waals surface area contributed by atoms with Crippen LogP contribution < -0.4 is 5.32 Å². The molecule has 1 amide bonds. The quantitative estimate of drug-likeness (QED) is 0.428. The van der Waals surface area contributed by atoms with Crippen LogP contribution in [0.25, 0.3) is 0 Å². The Morgan fingerprint density at radius 2 is 1.86 bits per heavy atom. The highest BCUT2D eigenvalue weighted by atomic mass is 19.1. The molecular weight excluding hydrogens is 285 g/mol. The summed E-state index contributed by atoms with van der Waals surface area (Å²) in [7, 11) is 0. The number of benzene rings is 1. The van der Waals surface area contributed by atoms with Gasteiger partial charge in [-0.2, -0.15) is 0 Å². The zero-order chi connectivity index (χ0) is 16.2. The highest BCUT2D eigenvalue weighted by Gasteiger charge is 2.04. The number of amides is 1. The van der Waals surface area contributed by atoms with E-state index >= 15 is 0 Å². The van der Waals surface area contributed by atoms with E-state index in [4.69, 9.17) is 4.74 Å². The first-order valence-corrected chi connectivity index (χ1v) is 7.54. The van der Waals surface area contributed by atoms with E-state index in [-0.39, 0.29) is 5.69 Å². The normalized spacial score (nSPS) is 10.6. The van der Waals surface area contributed by atoms with Gasteiger partial charge in [0.15, 0.2) is 0 Å². The minimum Gasteiger partial charge on any atom is -0.463 e. The number of halogens is 1. The topological polar surface area (TPSA) is 55.4 Å². The molecule has 120 valence electrons. The van der Waals surface area contributed by atoms with Crippen LogP contribution in [-0.4, -0.2) is 18.5 Å². The van der Waals surface area contributed by atoms with Crippen molar-refractivity contribution < 1.29 is 18.7 Å². The van der Waals surface area contributed by atoms with E-state index in [1.54, 1.807) is 6.07 Å². The number of nitrogens with one attached hydrogen (secondary N) is 1. The average molecular weight is 307 g/mol. The van der Waals surface area contributed by atoms with Gasteiger partial charge in [0, 0.05) is 12.2 Å². The first-order chi connectivity index (χ1) is 10.6. The van der Waals surface area contributed by atoms with Crippen LogP contribution >= 0.6 is 0 Å². The Morgan fingerprint density at radius 3 is 2.59 bits per heavy atom. The van der Waals surface area contributed by atoms with Gasteiger partial charge in [-0.05, 0) is 18.6 Å². The van der Waals surface area contributed by atoms with Crippen LogP contribution in [0.4, 0.5) is 10.1 Å². The van der Waals surface area contributed by atoms with Gasteiger partial charge in [-0.1, -0.05) is 44.7 Å². The largest absolute Gasteiger partial charge is 0.463 e. The number of carbonyl (C=O) groups is 2. The smallest absolute Gasteiger partial charge is 0.330 e. The molecule has 0 bridgehead atoms. The Labute approximate surface area is 130 Å². The van der Waals surface area contributed by atoms with Crippen molar-refractivity contribution in [2.75, 3.05) is 11.9 Å². The van der Waals surface area contributed by atoms with E-state index in [2.05, 4.69) is 12.2 Å². The van der Waals surface area contributed by atoms with E-state index in [0.717, 1.165) is 31.4 Å². The minimum atomic E-state index is -0.579. The summed E-state index contributed by atoms with van der Waals surface area (Å²) in [5.41, 5.74) is 0.0708. The van der Waals surface area contributed by atoms with Crippen molar-refractivity contribution in [3.05, 3.63) is 42.2 Å². The number of rotatable bonds is 9. The van der Waals surface area contributed by atoms with Gasteiger partial charge in [0.05, 0.1) is 12.3 Å². The molecular formula is C17H22FNO3. The predicted octanol–water partition coefficient (Wildman–Crippen LogP) is 3.83. The summed E-state index contributed by atoms with van der Waals surface area (Å²) >= 11 is 0. The van der Waals surface area contributed by atoms with Crippen molar-refractivity contribution in [2.24, 2.45) is 0 Å². The van der Waals surface area contributed by atoms with Crippen molar-refractivity contribution in [2.45, 2.75) is 39.0 Å². The Balaban J connectivity index is 2.24. The number of ether oxygens (including phenoxy) is 1. The third kappa shape index (κ3) is 7.57. The molecule has 0 saturated heterocycles. The molecule has 1 aromatic carbocycles. The number of hydrogen-bond donors (Lipinski definition) is 1. The Hall–Kier alpha value is -2.17. The molecule has 0 atom stereocenters. The number of anilines is 1. The molecule has 0 fully saturated rings. The molecule has 1 aromatic rings. The lowest BCUT2D eigenvalue weighted by molar-refractivity contribution is -0.138. The number of hydrogen-bond acceptors (Lipinski definition) is 3. The second-order valence-electron chi connectivity index (χ2n) is 4.88. The molecule has 0 unspecified atom stereocenters. The van der Waals surface area contributed by atoms with Gasteiger partial charge in [0.25, 0.3) is 0 Å². The molecule has 4 nitrogen and oxygen atoms in total. The summed E-state index contributed by atoms with van der Waals surface area (Å²) in [6, 6.07) is 5.82. The second kappa shape index (κ2) is 10.5. The van der Waals surface area contributed by atoms with Crippen LogP contribution in [0.5, 0.6) is 0 Å². The van der Waals surface area contributed by atoms with Crippen molar-refractivity contribution >= 4 is 17.6 Å². The molecule has 1 rings (SSSR count). The highest BCUT2D eigenvalue weighted by Crippen LogP contribution is 2.12. The van der Waals surface area contributed by atoms with Crippen LogP contribution in [0.1, 0.15) is 39.0 Å². The average Bonchev–Trinajstić information content (AvgIpc) is 2.51. The highest BCUT2D eigenvalue weighted by molar-refractivity contribution is 6.02. The zero-order valence-corrected chi connectivity index (χ0v) is 12.8. The van der Waals surface area contributed by atoms with Gasteiger partial charge in [-0.25, -0.2) is 9.18 Å². The van der Waals surface area contributed by atoms with Crippen molar-refractivity contribution in [3.63, 3.8) is 0 Å². The van der Waals surface area contributed by atoms with E-state index in [0.29, 0.717) is 6.61 Å². The number of carbonyl (C=O) groups excluding carboxylic acids is 2. The summed E-state index contributed by atoms with van der Waals surface area (Å²) in [6.45, 7) is 2.49. The minimum absolute atomic E-state index is 0.0708. The van der Waals surface area contributed by atoms with Gasteiger partial charge in [-0.3, -0.25) is 4.79 Å². The van der Waals surface area contributed by atoms with Crippen LogP contribution in [0.2, 0.25) is 0 Å². The summed E-state index contributed by atoms with van der Waals surface area (Å²) in [6.07, 6.45) is 7.41. The molecule has 0 aliphatic carbocycles. The fourth-order valence-corrected chi connectivity index (χ4v) is 1.81. The van der Waals surface area contributed by atoms with Crippen LogP contribution in [0, 0.1) is 5.82 Å². The Kier molecular flexibility index (Phi) is 8.57. The van der Waals surface area contributed by atoms with Gasteiger partial charge in [0.1, 0.15) is 5.82 Å². The maximum atomic E-state index is 13.3. The molecule has 0 aliphatic heterocycles. The van der Waals surface area contributed by atoms with E-state index < -0.39 is 17.7 Å². The second-order valence-corrected chi connectivity index (χ2v) is 4.88. The third-order valence-electron chi connectivity index (χ3n) is 2.99. The van der Waals surface area contributed by atoms with Crippen molar-refractivity contribution in [3.8, 4) is 0 Å². The summed E-state index contributed by atoms with van der Waals surface area (Å²) in [5.74, 6) is -1.68. The number of esters is 1. The van der Waals surface area contributed by atoms with Crippen LogP contribution in [-0.2, 0) is 14.3 Å². The van der Waals surface area contributed by atoms with Gasteiger partial charge in [0.2, 0.25) is 5.91 Å². The Bertz CT molecular complexity index is 514. The maximum Gasteiger partial charge on any atom is 0.330 e. The van der Waals surface area contributed by atoms with Gasteiger partial charge >= 0.3 is 5.97 Å². The molecule has 0 spiro atoms. The van der Waals surface area contributed by atoms with Crippen molar-refractivity contribution in [1.29, 1.82) is 0 Å². The lowest BCUT2D eigenvalue weighted by Gasteiger charge is -2.03. The van der Waals surface area contributed by atoms with E-state index in [1.165, 1.54) is 31.0 Å². The fraction of sp³-hybridized carbons (Fsp3) is 0.412. The molecule has 0 radical (unpaired) electrons. The lowest BCUT2D eigenvalue weighted by Crippen LogP contribution is -2.10. The standard InChI is InChI=1S/C17H22FNO3/c1-2-3-4-5-8-13-22-17(21)12-11-16(20)19-15-10-7-6-9-14(15)18/h6-7,9-12H,2-5,8,13H2,1H3,(H,19,20)/b12-11+. The fourth-order valence-electron chi connectivity index (χ4n) is 1.81. The first-order valence-electron chi connectivity index (χ1n) is 7.54.